The maximum atomic E-state index is 11.3. The van der Waals surface area contributed by atoms with E-state index in [1.54, 1.807) is 0 Å². The van der Waals surface area contributed by atoms with E-state index >= 15 is 0 Å². The van der Waals surface area contributed by atoms with Crippen LogP contribution in [0.25, 0.3) is 0 Å². The summed E-state index contributed by atoms with van der Waals surface area (Å²) in [7, 11) is 1.17. The highest BCUT2D eigenvalue weighted by Crippen LogP contribution is 2.15. The van der Waals surface area contributed by atoms with E-state index in [1.165, 1.54) is 19.4 Å². The molecule has 1 aromatic heterocycles. The molecule has 0 saturated heterocycles. The molecule has 1 aromatic rings. The number of carbonyl (C=O) groups excluding carboxylic acids is 1. The Bertz CT molecular complexity index is 346. The van der Waals surface area contributed by atoms with Crippen LogP contribution in [0.2, 0.25) is 0 Å². The first-order valence-electron chi connectivity index (χ1n) is 3.27. The zero-order valence-corrected chi connectivity index (χ0v) is 8.24. The van der Waals surface area contributed by atoms with E-state index in [0.717, 1.165) is 0 Å². The van der Waals surface area contributed by atoms with Crippen LogP contribution in [0.1, 0.15) is 10.4 Å². The van der Waals surface area contributed by atoms with Crippen molar-refractivity contribution in [1.29, 1.82) is 0 Å². The van der Waals surface area contributed by atoms with Crippen LogP contribution in [-0.2, 0) is 0 Å². The van der Waals surface area contributed by atoms with Crippen molar-refractivity contribution >= 4 is 27.9 Å². The van der Waals surface area contributed by atoms with Gasteiger partial charge in [0.05, 0.1) is 5.56 Å². The topological polar surface area (TPSA) is 70.8 Å². The molecule has 0 aromatic carbocycles. The summed E-state index contributed by atoms with van der Waals surface area (Å²) in [6.07, 6.45) is -0.117. The van der Waals surface area contributed by atoms with Gasteiger partial charge in [0.1, 0.15) is 6.26 Å². The molecule has 1 rings (SSSR count). The van der Waals surface area contributed by atoms with E-state index in [4.69, 9.17) is 9.52 Å². The lowest BCUT2D eigenvalue weighted by Crippen LogP contribution is -2.31. The third-order valence-electron chi connectivity index (χ3n) is 1.41. The van der Waals surface area contributed by atoms with Gasteiger partial charge >= 0.3 is 6.09 Å². The van der Waals surface area contributed by atoms with Gasteiger partial charge in [-0.1, -0.05) is 0 Å². The number of hydrogen-bond donors (Lipinski definition) is 1. The Hall–Kier alpha value is -1.30. The van der Waals surface area contributed by atoms with Gasteiger partial charge in [-0.05, 0) is 15.9 Å². The van der Waals surface area contributed by atoms with Crippen LogP contribution in [0.4, 0.5) is 4.79 Å². The summed E-state index contributed by atoms with van der Waals surface area (Å²) < 4.78 is 5.18. The van der Waals surface area contributed by atoms with Crippen LogP contribution in [-0.4, -0.2) is 29.1 Å². The van der Waals surface area contributed by atoms with Gasteiger partial charge in [0, 0.05) is 13.1 Å². The van der Waals surface area contributed by atoms with Crippen LogP contribution >= 0.6 is 15.9 Å². The molecule has 13 heavy (non-hydrogen) atoms. The number of hydrogen-bond acceptors (Lipinski definition) is 3. The van der Waals surface area contributed by atoms with E-state index in [1.807, 2.05) is 0 Å². The van der Waals surface area contributed by atoms with E-state index < -0.39 is 12.0 Å². The van der Waals surface area contributed by atoms with Gasteiger partial charge in [0.15, 0.2) is 4.67 Å². The number of amides is 2. The number of carboxylic acid groups (broad SMARTS) is 1. The van der Waals surface area contributed by atoms with Gasteiger partial charge in [0.25, 0.3) is 5.91 Å². The summed E-state index contributed by atoms with van der Waals surface area (Å²) in [5.74, 6) is -0.623. The third kappa shape index (κ3) is 2.09. The molecule has 1 heterocycles. The van der Waals surface area contributed by atoms with Crippen molar-refractivity contribution in [3.05, 3.63) is 22.6 Å². The normalized spacial score (nSPS) is 9.69. The zero-order valence-electron chi connectivity index (χ0n) is 6.65. The summed E-state index contributed by atoms with van der Waals surface area (Å²) in [4.78, 5) is 22.2. The van der Waals surface area contributed by atoms with Crippen molar-refractivity contribution in [2.24, 2.45) is 0 Å². The molecule has 1 N–H and O–H groups in total. The van der Waals surface area contributed by atoms with Crippen LogP contribution in [0.15, 0.2) is 21.4 Å². The molecule has 6 heteroatoms. The summed E-state index contributed by atoms with van der Waals surface area (Å²) in [6, 6.07) is 1.40. The molecule has 0 aliphatic heterocycles. The summed E-state index contributed by atoms with van der Waals surface area (Å²) in [6.45, 7) is 0. The average Bonchev–Trinajstić information content (AvgIpc) is 2.49. The van der Waals surface area contributed by atoms with E-state index in [9.17, 15) is 9.59 Å². The van der Waals surface area contributed by atoms with Crippen molar-refractivity contribution in [3.63, 3.8) is 0 Å². The Kier molecular flexibility index (Phi) is 2.72. The molecule has 0 aliphatic rings. The maximum Gasteiger partial charge on any atom is 0.414 e. The highest BCUT2D eigenvalue weighted by molar-refractivity contribution is 9.10. The number of carbonyl (C=O) groups is 2. The minimum atomic E-state index is -1.30. The van der Waals surface area contributed by atoms with Crippen LogP contribution in [0.3, 0.4) is 0 Å². The SMILES string of the molecule is CN(C(=O)O)C(=O)c1coc(Br)c1. The monoisotopic (exact) mass is 247 g/mol. The summed E-state index contributed by atoms with van der Waals surface area (Å²) >= 11 is 3.00. The number of furan rings is 1. The van der Waals surface area contributed by atoms with Crippen molar-refractivity contribution in [3.8, 4) is 0 Å². The highest BCUT2D eigenvalue weighted by Gasteiger charge is 2.18. The fraction of sp³-hybridized carbons (Fsp3) is 0.143. The van der Waals surface area contributed by atoms with Gasteiger partial charge in [-0.3, -0.25) is 4.79 Å². The van der Waals surface area contributed by atoms with E-state index in [-0.39, 0.29) is 5.56 Å². The first-order valence-corrected chi connectivity index (χ1v) is 4.06. The second-order valence-electron chi connectivity index (χ2n) is 2.29. The summed E-state index contributed by atoms with van der Waals surface area (Å²) in [5.41, 5.74) is 0.191. The molecular formula is C7H6BrNO4. The molecule has 5 nitrogen and oxygen atoms in total. The van der Waals surface area contributed by atoms with Gasteiger partial charge in [-0.2, -0.15) is 0 Å². The second kappa shape index (κ2) is 3.61. The quantitative estimate of drug-likeness (QED) is 0.822. The molecule has 0 spiro atoms. The highest BCUT2D eigenvalue weighted by atomic mass is 79.9. The first-order chi connectivity index (χ1) is 6.02. The first kappa shape index (κ1) is 9.79. The Morgan fingerprint density at radius 2 is 2.23 bits per heavy atom. The molecule has 2 amide bonds. The lowest BCUT2D eigenvalue weighted by molar-refractivity contribution is 0.0781. The molecule has 0 bridgehead atoms. The largest absolute Gasteiger partial charge is 0.465 e. The van der Waals surface area contributed by atoms with Crippen molar-refractivity contribution < 1.29 is 19.1 Å². The lowest BCUT2D eigenvalue weighted by atomic mass is 10.3. The van der Waals surface area contributed by atoms with Gasteiger partial charge in [-0.15, -0.1) is 0 Å². The number of nitrogens with zero attached hydrogens (tertiary/aromatic N) is 1. The minimum Gasteiger partial charge on any atom is -0.465 e. The minimum absolute atomic E-state index is 0.191. The molecule has 0 saturated carbocycles. The lowest BCUT2D eigenvalue weighted by Gasteiger charge is -2.08. The van der Waals surface area contributed by atoms with Crippen LogP contribution in [0.5, 0.6) is 0 Å². The predicted octanol–water partition coefficient (Wildman–Crippen LogP) is 1.79. The zero-order chi connectivity index (χ0) is 10.0. The Morgan fingerprint density at radius 3 is 2.62 bits per heavy atom. The standard InChI is InChI=1S/C7H6BrNO4/c1-9(7(11)12)6(10)4-2-5(8)13-3-4/h2-3H,1H3,(H,11,12). The van der Waals surface area contributed by atoms with Gasteiger partial charge in [-0.25, -0.2) is 9.69 Å². The fourth-order valence-corrected chi connectivity index (χ4v) is 1.04. The Labute approximate surface area is 82.1 Å². The molecule has 0 aliphatic carbocycles. The van der Waals surface area contributed by atoms with Crippen molar-refractivity contribution in [2.45, 2.75) is 0 Å². The van der Waals surface area contributed by atoms with E-state index in [0.29, 0.717) is 9.57 Å². The van der Waals surface area contributed by atoms with Crippen LogP contribution < -0.4 is 0 Å². The summed E-state index contributed by atoms with van der Waals surface area (Å²) in [5, 5.41) is 8.48. The molecule has 0 fully saturated rings. The third-order valence-corrected chi connectivity index (χ3v) is 1.82. The average molecular weight is 248 g/mol. The fourth-order valence-electron chi connectivity index (χ4n) is 0.703. The number of rotatable bonds is 1. The smallest absolute Gasteiger partial charge is 0.414 e. The second-order valence-corrected chi connectivity index (χ2v) is 3.07. The van der Waals surface area contributed by atoms with Gasteiger partial charge in [0.2, 0.25) is 0 Å². The van der Waals surface area contributed by atoms with Crippen molar-refractivity contribution in [2.75, 3.05) is 7.05 Å². The Morgan fingerprint density at radius 1 is 1.62 bits per heavy atom. The molecule has 70 valence electrons. The maximum absolute atomic E-state index is 11.3. The Balaban J connectivity index is 2.85. The van der Waals surface area contributed by atoms with E-state index in [2.05, 4.69) is 15.9 Å². The predicted molar refractivity (Wildman–Crippen MR) is 46.5 cm³/mol. The number of imide groups is 1. The molecule has 0 radical (unpaired) electrons. The van der Waals surface area contributed by atoms with Crippen LogP contribution in [0, 0.1) is 0 Å². The molecule has 0 unspecified atom stereocenters. The van der Waals surface area contributed by atoms with Crippen molar-refractivity contribution in [1.82, 2.24) is 4.90 Å². The number of halogens is 1. The molecular weight excluding hydrogens is 242 g/mol. The van der Waals surface area contributed by atoms with Gasteiger partial charge < -0.3 is 9.52 Å². The molecule has 0 atom stereocenters.